The molecule has 3 rings (SSSR count). The number of amides is 2. The Hall–Kier alpha value is -1.78. The van der Waals surface area contributed by atoms with Crippen LogP contribution in [-0.4, -0.2) is 35.8 Å². The number of furan rings is 1. The van der Waals surface area contributed by atoms with Crippen LogP contribution in [0.5, 0.6) is 0 Å². The highest BCUT2D eigenvalue weighted by atomic mass is 16.3. The van der Waals surface area contributed by atoms with Crippen LogP contribution in [0.4, 0.5) is 0 Å². The molecule has 1 aliphatic carbocycles. The predicted octanol–water partition coefficient (Wildman–Crippen LogP) is 2.58. The van der Waals surface area contributed by atoms with Crippen molar-refractivity contribution < 1.29 is 14.0 Å². The minimum atomic E-state index is -0.0612. The lowest BCUT2D eigenvalue weighted by molar-refractivity contribution is -0.126. The third-order valence-corrected chi connectivity index (χ3v) is 4.87. The van der Waals surface area contributed by atoms with E-state index >= 15 is 0 Å². The molecule has 1 aromatic heterocycles. The molecule has 1 saturated carbocycles. The molecule has 120 valence electrons. The van der Waals surface area contributed by atoms with Crippen molar-refractivity contribution in [3.8, 4) is 0 Å². The fourth-order valence-corrected chi connectivity index (χ4v) is 3.69. The van der Waals surface area contributed by atoms with Crippen LogP contribution in [0, 0.1) is 5.92 Å². The molecule has 0 unspecified atom stereocenters. The van der Waals surface area contributed by atoms with E-state index in [0.717, 1.165) is 58.0 Å². The van der Waals surface area contributed by atoms with Crippen LogP contribution >= 0.6 is 0 Å². The van der Waals surface area contributed by atoms with Crippen molar-refractivity contribution in [3.63, 3.8) is 0 Å². The second-order valence-corrected chi connectivity index (χ2v) is 6.32. The smallest absolute Gasteiger partial charge is 0.257 e. The molecule has 0 bridgehead atoms. The van der Waals surface area contributed by atoms with Gasteiger partial charge in [0, 0.05) is 19.1 Å². The molecule has 0 radical (unpaired) electrons. The van der Waals surface area contributed by atoms with Crippen LogP contribution in [0.1, 0.15) is 55.3 Å². The van der Waals surface area contributed by atoms with Gasteiger partial charge >= 0.3 is 0 Å². The van der Waals surface area contributed by atoms with Gasteiger partial charge in [0.1, 0.15) is 6.26 Å². The number of carbonyl (C=O) groups is 2. The zero-order valence-electron chi connectivity index (χ0n) is 12.9. The molecule has 1 aromatic rings. The van der Waals surface area contributed by atoms with E-state index in [1.165, 1.54) is 12.5 Å². The molecular weight excluding hydrogens is 280 g/mol. The molecule has 0 spiro atoms. The van der Waals surface area contributed by atoms with Gasteiger partial charge < -0.3 is 14.6 Å². The maximum absolute atomic E-state index is 12.8. The van der Waals surface area contributed by atoms with Crippen molar-refractivity contribution in [3.05, 3.63) is 24.2 Å². The van der Waals surface area contributed by atoms with Gasteiger partial charge in [0.15, 0.2) is 0 Å². The van der Waals surface area contributed by atoms with Gasteiger partial charge in [-0.3, -0.25) is 9.59 Å². The Morgan fingerprint density at radius 3 is 2.86 bits per heavy atom. The lowest BCUT2D eigenvalue weighted by Crippen LogP contribution is -2.47. The molecule has 2 amide bonds. The van der Waals surface area contributed by atoms with Crippen molar-refractivity contribution in [2.75, 3.05) is 13.1 Å². The first kappa shape index (κ1) is 15.1. The van der Waals surface area contributed by atoms with E-state index in [9.17, 15) is 9.59 Å². The Morgan fingerprint density at radius 2 is 2.05 bits per heavy atom. The van der Waals surface area contributed by atoms with Gasteiger partial charge in [0.25, 0.3) is 5.91 Å². The largest absolute Gasteiger partial charge is 0.472 e. The third-order valence-electron chi connectivity index (χ3n) is 4.87. The average Bonchev–Trinajstić information content (AvgIpc) is 3.19. The zero-order valence-corrected chi connectivity index (χ0v) is 12.9. The second kappa shape index (κ2) is 6.99. The Kier molecular flexibility index (Phi) is 4.80. The molecule has 1 saturated heterocycles. The van der Waals surface area contributed by atoms with Crippen molar-refractivity contribution >= 4 is 11.8 Å². The molecule has 1 N–H and O–H groups in total. The van der Waals surface area contributed by atoms with Crippen molar-refractivity contribution in [2.45, 2.75) is 51.0 Å². The van der Waals surface area contributed by atoms with Gasteiger partial charge in [0.2, 0.25) is 5.91 Å². The fourth-order valence-electron chi connectivity index (χ4n) is 3.69. The second-order valence-electron chi connectivity index (χ2n) is 6.32. The maximum Gasteiger partial charge on any atom is 0.257 e. The third kappa shape index (κ3) is 3.18. The SMILES string of the molecule is O=C1NCCCCCCN(C(=O)c2ccoc2)[C@H]2CCC[C@@H]12. The van der Waals surface area contributed by atoms with Crippen LogP contribution < -0.4 is 5.32 Å². The molecule has 0 aromatic carbocycles. The number of nitrogens with one attached hydrogen (secondary N) is 1. The van der Waals surface area contributed by atoms with Gasteiger partial charge in [-0.25, -0.2) is 0 Å². The predicted molar refractivity (Wildman–Crippen MR) is 82.4 cm³/mol. The number of nitrogens with zero attached hydrogens (tertiary/aromatic N) is 1. The summed E-state index contributed by atoms with van der Waals surface area (Å²) in [6.45, 7) is 1.50. The summed E-state index contributed by atoms with van der Waals surface area (Å²) in [5, 5.41) is 3.05. The highest BCUT2D eigenvalue weighted by Crippen LogP contribution is 2.32. The van der Waals surface area contributed by atoms with Gasteiger partial charge in [-0.2, -0.15) is 0 Å². The molecule has 22 heavy (non-hydrogen) atoms. The minimum Gasteiger partial charge on any atom is -0.472 e. The number of carbonyl (C=O) groups excluding carboxylic acids is 2. The normalized spacial score (nSPS) is 26.9. The van der Waals surface area contributed by atoms with Crippen molar-refractivity contribution in [1.29, 1.82) is 0 Å². The minimum absolute atomic E-state index is 0.00213. The first-order valence-electron chi connectivity index (χ1n) is 8.38. The standard InChI is InChI=1S/C17H24N2O3/c20-16-14-6-5-7-15(14)19(10-4-2-1-3-9-18-16)17(21)13-8-11-22-12-13/h8,11-12,14-15H,1-7,9-10H2,(H,18,20)/t14-,15+/m1/s1. The van der Waals surface area contributed by atoms with Crippen molar-refractivity contribution in [2.24, 2.45) is 5.92 Å². The molecular formula is C17H24N2O3. The number of fused-ring (bicyclic) bond motifs is 1. The number of rotatable bonds is 1. The fraction of sp³-hybridized carbons (Fsp3) is 0.647. The Labute approximate surface area is 131 Å². The summed E-state index contributed by atoms with van der Waals surface area (Å²) in [7, 11) is 0. The molecule has 5 heteroatoms. The number of hydrogen-bond donors (Lipinski definition) is 1. The van der Waals surface area contributed by atoms with E-state index in [4.69, 9.17) is 4.42 Å². The topological polar surface area (TPSA) is 62.6 Å². The van der Waals surface area contributed by atoms with Crippen LogP contribution in [0.15, 0.2) is 23.0 Å². The Morgan fingerprint density at radius 1 is 1.18 bits per heavy atom. The maximum atomic E-state index is 12.8. The monoisotopic (exact) mass is 304 g/mol. The van der Waals surface area contributed by atoms with Crippen molar-refractivity contribution in [1.82, 2.24) is 10.2 Å². The van der Waals surface area contributed by atoms with Crippen LogP contribution in [-0.2, 0) is 4.79 Å². The van der Waals surface area contributed by atoms with E-state index in [2.05, 4.69) is 5.32 Å². The molecule has 2 atom stereocenters. The summed E-state index contributed by atoms with van der Waals surface area (Å²) in [5.41, 5.74) is 0.584. The van der Waals surface area contributed by atoms with Gasteiger partial charge in [-0.05, 0) is 31.7 Å². The quantitative estimate of drug-likeness (QED) is 0.867. The number of hydrogen-bond acceptors (Lipinski definition) is 3. The highest BCUT2D eigenvalue weighted by Gasteiger charge is 2.39. The summed E-state index contributed by atoms with van der Waals surface area (Å²) in [6, 6.07) is 1.73. The lowest BCUT2D eigenvalue weighted by Gasteiger charge is -2.32. The summed E-state index contributed by atoms with van der Waals surface area (Å²) < 4.78 is 5.05. The summed E-state index contributed by atoms with van der Waals surface area (Å²) in [4.78, 5) is 27.1. The first-order chi connectivity index (χ1) is 10.8. The van der Waals surface area contributed by atoms with Gasteiger partial charge in [-0.1, -0.05) is 19.3 Å². The van der Waals surface area contributed by atoms with Gasteiger partial charge in [-0.15, -0.1) is 0 Å². The van der Waals surface area contributed by atoms with Crippen LogP contribution in [0.3, 0.4) is 0 Å². The Bertz CT molecular complexity index is 512. The average molecular weight is 304 g/mol. The lowest BCUT2D eigenvalue weighted by atomic mass is 10.00. The zero-order chi connectivity index (χ0) is 15.4. The van der Waals surface area contributed by atoms with Crippen LogP contribution in [0.25, 0.3) is 0 Å². The molecule has 1 aliphatic heterocycles. The Balaban J connectivity index is 1.82. The van der Waals surface area contributed by atoms with E-state index in [0.29, 0.717) is 5.56 Å². The summed E-state index contributed by atoms with van der Waals surface area (Å²) >= 11 is 0. The van der Waals surface area contributed by atoms with Crippen LogP contribution in [0.2, 0.25) is 0 Å². The summed E-state index contributed by atoms with van der Waals surface area (Å²) in [6.07, 6.45) is 10.1. The van der Waals surface area contributed by atoms with E-state index < -0.39 is 0 Å². The molecule has 2 fully saturated rings. The first-order valence-corrected chi connectivity index (χ1v) is 8.38. The molecule has 2 aliphatic rings. The van der Waals surface area contributed by atoms with E-state index in [1.54, 1.807) is 6.07 Å². The highest BCUT2D eigenvalue weighted by molar-refractivity contribution is 5.94. The molecule has 5 nitrogen and oxygen atoms in total. The summed E-state index contributed by atoms with van der Waals surface area (Å²) in [5.74, 6) is 0.0565. The van der Waals surface area contributed by atoms with E-state index in [1.807, 2.05) is 4.90 Å². The van der Waals surface area contributed by atoms with E-state index in [-0.39, 0.29) is 23.8 Å². The molecule has 2 heterocycles. The van der Waals surface area contributed by atoms with Gasteiger partial charge in [0.05, 0.1) is 17.7 Å².